The van der Waals surface area contributed by atoms with Crippen LogP contribution in [0.3, 0.4) is 0 Å². The summed E-state index contributed by atoms with van der Waals surface area (Å²) < 4.78 is 0. The zero-order chi connectivity index (χ0) is 17.8. The van der Waals surface area contributed by atoms with E-state index in [1.165, 1.54) is 22.5 Å². The number of aryl methyl sites for hydroxylation is 3. The second-order valence-corrected chi connectivity index (χ2v) is 6.93. The maximum Gasteiger partial charge on any atom is 0.267 e. The van der Waals surface area contributed by atoms with Crippen molar-refractivity contribution in [2.45, 2.75) is 27.2 Å². The number of carbonyl (C=O) groups excluding carboxylic acids is 1. The highest BCUT2D eigenvalue weighted by Crippen LogP contribution is 2.27. The third-order valence-electron chi connectivity index (χ3n) is 3.89. The van der Waals surface area contributed by atoms with E-state index >= 15 is 0 Å². The van der Waals surface area contributed by atoms with Gasteiger partial charge in [-0.05, 0) is 55.7 Å². The lowest BCUT2D eigenvalue weighted by molar-refractivity contribution is 0.103. The molecule has 1 amide bonds. The van der Waals surface area contributed by atoms with Crippen LogP contribution in [0.1, 0.15) is 33.4 Å². The van der Waals surface area contributed by atoms with Gasteiger partial charge in [-0.25, -0.2) is 4.98 Å². The molecule has 0 unspecified atom stereocenters. The molecule has 0 saturated carbocycles. The van der Waals surface area contributed by atoms with E-state index < -0.39 is 0 Å². The first-order valence-electron chi connectivity index (χ1n) is 8.26. The fraction of sp³-hybridized carbons (Fsp3) is 0.200. The normalized spacial score (nSPS) is 10.5. The van der Waals surface area contributed by atoms with Crippen LogP contribution in [0.4, 0.5) is 16.5 Å². The predicted molar refractivity (Wildman–Crippen MR) is 105 cm³/mol. The Hall–Kier alpha value is -2.66. The Kier molecular flexibility index (Phi) is 5.14. The van der Waals surface area contributed by atoms with Gasteiger partial charge >= 0.3 is 0 Å². The van der Waals surface area contributed by atoms with Crippen LogP contribution >= 0.6 is 11.3 Å². The highest BCUT2D eigenvalue weighted by molar-refractivity contribution is 7.17. The van der Waals surface area contributed by atoms with Gasteiger partial charge in [0.25, 0.3) is 5.91 Å². The first-order chi connectivity index (χ1) is 12.0. The minimum Gasteiger partial charge on any atom is -0.332 e. The van der Waals surface area contributed by atoms with Gasteiger partial charge < -0.3 is 10.6 Å². The van der Waals surface area contributed by atoms with Crippen molar-refractivity contribution < 1.29 is 4.79 Å². The Balaban J connectivity index is 1.73. The molecule has 25 heavy (non-hydrogen) atoms. The molecule has 0 radical (unpaired) electrons. The molecule has 0 fully saturated rings. The molecule has 0 aliphatic rings. The molecule has 0 spiro atoms. The van der Waals surface area contributed by atoms with Crippen LogP contribution in [0.5, 0.6) is 0 Å². The van der Waals surface area contributed by atoms with Crippen molar-refractivity contribution in [3.8, 4) is 0 Å². The summed E-state index contributed by atoms with van der Waals surface area (Å²) in [5.74, 6) is -0.128. The number of hydrogen-bond acceptors (Lipinski definition) is 4. The summed E-state index contributed by atoms with van der Waals surface area (Å²) in [5, 5.41) is 6.92. The fourth-order valence-electron chi connectivity index (χ4n) is 2.52. The van der Waals surface area contributed by atoms with Gasteiger partial charge in [-0.1, -0.05) is 42.5 Å². The highest BCUT2D eigenvalue weighted by atomic mass is 32.1. The minimum atomic E-state index is -0.128. The first kappa shape index (κ1) is 17.2. The van der Waals surface area contributed by atoms with E-state index in [4.69, 9.17) is 0 Å². The van der Waals surface area contributed by atoms with Crippen molar-refractivity contribution in [3.63, 3.8) is 0 Å². The lowest BCUT2D eigenvalue weighted by Crippen LogP contribution is -2.11. The number of nitrogens with zero attached hydrogens (tertiary/aromatic N) is 1. The van der Waals surface area contributed by atoms with Crippen molar-refractivity contribution in [1.29, 1.82) is 0 Å². The van der Waals surface area contributed by atoms with E-state index in [1.807, 2.05) is 62.4 Å². The molecule has 0 saturated heterocycles. The Morgan fingerprint density at radius 1 is 1.08 bits per heavy atom. The number of benzene rings is 2. The molecular formula is C20H21N3OS. The monoisotopic (exact) mass is 351 g/mol. The third-order valence-corrected chi connectivity index (χ3v) is 4.96. The lowest BCUT2D eigenvalue weighted by Gasteiger charge is -2.05. The highest BCUT2D eigenvalue weighted by Gasteiger charge is 2.15. The van der Waals surface area contributed by atoms with Crippen LogP contribution in [0.15, 0.2) is 48.5 Å². The van der Waals surface area contributed by atoms with Crippen molar-refractivity contribution in [2.24, 2.45) is 0 Å². The molecule has 3 aromatic rings. The predicted octanol–water partition coefficient (Wildman–Crippen LogP) is 5.32. The summed E-state index contributed by atoms with van der Waals surface area (Å²) in [6.45, 7) is 6.00. The van der Waals surface area contributed by atoms with E-state index in [-0.39, 0.29) is 5.91 Å². The zero-order valence-corrected chi connectivity index (χ0v) is 15.4. The molecule has 1 aromatic heterocycles. The molecule has 0 aliphatic carbocycles. The van der Waals surface area contributed by atoms with Gasteiger partial charge in [0, 0.05) is 11.4 Å². The standard InChI is InChI=1S/C20H21N3OS/c1-4-15-8-10-16(11-9-15)22-19(24)18-14(3)21-20(25-18)23-17-7-5-6-13(2)12-17/h5-12H,4H2,1-3H3,(H,21,23)(H,22,24). The average molecular weight is 351 g/mol. The zero-order valence-electron chi connectivity index (χ0n) is 14.6. The summed E-state index contributed by atoms with van der Waals surface area (Å²) in [4.78, 5) is 17.6. The topological polar surface area (TPSA) is 54.0 Å². The van der Waals surface area contributed by atoms with Gasteiger partial charge in [0.1, 0.15) is 4.88 Å². The molecule has 2 aromatic carbocycles. The van der Waals surface area contributed by atoms with Crippen LogP contribution in [-0.2, 0) is 6.42 Å². The number of aromatic nitrogens is 1. The van der Waals surface area contributed by atoms with Crippen LogP contribution < -0.4 is 10.6 Å². The first-order valence-corrected chi connectivity index (χ1v) is 9.08. The Morgan fingerprint density at radius 3 is 2.52 bits per heavy atom. The second-order valence-electron chi connectivity index (χ2n) is 5.93. The number of anilines is 3. The van der Waals surface area contributed by atoms with Crippen molar-refractivity contribution in [2.75, 3.05) is 10.6 Å². The van der Waals surface area contributed by atoms with Gasteiger partial charge in [0.15, 0.2) is 5.13 Å². The molecule has 0 bridgehead atoms. The summed E-state index contributed by atoms with van der Waals surface area (Å²) in [5.41, 5.74) is 4.91. The van der Waals surface area contributed by atoms with Crippen LogP contribution in [-0.4, -0.2) is 10.9 Å². The van der Waals surface area contributed by atoms with E-state index in [0.717, 1.165) is 28.6 Å². The largest absolute Gasteiger partial charge is 0.332 e. The summed E-state index contributed by atoms with van der Waals surface area (Å²) in [6.07, 6.45) is 0.982. The van der Waals surface area contributed by atoms with Gasteiger partial charge in [-0.15, -0.1) is 0 Å². The number of thiazole rings is 1. The molecule has 2 N–H and O–H groups in total. The molecule has 5 heteroatoms. The maximum atomic E-state index is 12.5. The Labute approximate surface area is 151 Å². The Morgan fingerprint density at radius 2 is 1.84 bits per heavy atom. The summed E-state index contributed by atoms with van der Waals surface area (Å²) in [6, 6.07) is 16.0. The number of rotatable bonds is 5. The van der Waals surface area contributed by atoms with Crippen molar-refractivity contribution in [1.82, 2.24) is 4.98 Å². The quantitative estimate of drug-likeness (QED) is 0.654. The van der Waals surface area contributed by atoms with Crippen LogP contribution in [0.25, 0.3) is 0 Å². The van der Waals surface area contributed by atoms with Gasteiger partial charge in [0.05, 0.1) is 5.69 Å². The van der Waals surface area contributed by atoms with E-state index in [0.29, 0.717) is 4.88 Å². The SMILES string of the molecule is CCc1ccc(NC(=O)c2sc(Nc3cccc(C)c3)nc2C)cc1. The van der Waals surface area contributed by atoms with Crippen LogP contribution in [0.2, 0.25) is 0 Å². The molecule has 4 nitrogen and oxygen atoms in total. The molecule has 0 atom stereocenters. The molecular weight excluding hydrogens is 330 g/mol. The molecule has 1 heterocycles. The molecule has 128 valence electrons. The number of carbonyl (C=O) groups is 1. The molecule has 3 rings (SSSR count). The number of hydrogen-bond donors (Lipinski definition) is 2. The van der Waals surface area contributed by atoms with E-state index in [1.54, 1.807) is 0 Å². The number of amides is 1. The lowest BCUT2D eigenvalue weighted by atomic mass is 10.1. The smallest absolute Gasteiger partial charge is 0.267 e. The molecule has 0 aliphatic heterocycles. The number of nitrogens with one attached hydrogen (secondary N) is 2. The summed E-state index contributed by atoms with van der Waals surface area (Å²) >= 11 is 1.36. The van der Waals surface area contributed by atoms with E-state index in [9.17, 15) is 4.79 Å². The maximum absolute atomic E-state index is 12.5. The van der Waals surface area contributed by atoms with Gasteiger partial charge in [-0.3, -0.25) is 4.79 Å². The van der Waals surface area contributed by atoms with Crippen molar-refractivity contribution in [3.05, 3.63) is 70.2 Å². The van der Waals surface area contributed by atoms with Crippen LogP contribution in [0, 0.1) is 13.8 Å². The Bertz CT molecular complexity index is 884. The van der Waals surface area contributed by atoms with Crippen molar-refractivity contribution >= 4 is 33.8 Å². The van der Waals surface area contributed by atoms with E-state index in [2.05, 4.69) is 22.5 Å². The average Bonchev–Trinajstić information content (AvgIpc) is 2.96. The summed E-state index contributed by atoms with van der Waals surface area (Å²) in [7, 11) is 0. The van der Waals surface area contributed by atoms with Gasteiger partial charge in [0.2, 0.25) is 0 Å². The minimum absolute atomic E-state index is 0.128. The fourth-order valence-corrected chi connectivity index (χ4v) is 3.40. The third kappa shape index (κ3) is 4.25. The second kappa shape index (κ2) is 7.49. The van der Waals surface area contributed by atoms with Gasteiger partial charge in [-0.2, -0.15) is 0 Å².